The maximum absolute atomic E-state index is 4.74. The van der Waals surface area contributed by atoms with Crippen LogP contribution in [-0.2, 0) is 7.05 Å². The molecule has 0 spiro atoms. The van der Waals surface area contributed by atoms with Crippen molar-refractivity contribution in [3.8, 4) is 10.6 Å². The highest BCUT2D eigenvalue weighted by atomic mass is 32.1. The molecule has 0 aliphatic carbocycles. The smallest absolute Gasteiger partial charge is 0.127 e. The van der Waals surface area contributed by atoms with Crippen molar-refractivity contribution in [1.82, 2.24) is 20.1 Å². The molecule has 1 N–H and O–H groups in total. The Hall–Kier alpha value is -1.20. The molecule has 0 bridgehead atoms. The van der Waals surface area contributed by atoms with Gasteiger partial charge in [0.1, 0.15) is 5.01 Å². The first-order valence-electron chi connectivity index (χ1n) is 6.67. The number of nitrogens with zero attached hydrogens (tertiary/aromatic N) is 3. The molecule has 1 atom stereocenters. The fraction of sp³-hybridized carbons (Fsp3) is 0.571. The summed E-state index contributed by atoms with van der Waals surface area (Å²) in [5.41, 5.74) is 4.53. The number of hydrogen-bond donors (Lipinski definition) is 1. The molecule has 0 fully saturated rings. The molecule has 104 valence electrons. The Bertz CT molecular complexity index is 583. The van der Waals surface area contributed by atoms with Crippen LogP contribution in [0, 0.1) is 20.8 Å². The number of nitrogens with one attached hydrogen (secondary N) is 1. The molecular weight excluding hydrogens is 256 g/mol. The van der Waals surface area contributed by atoms with E-state index < -0.39 is 0 Å². The van der Waals surface area contributed by atoms with Gasteiger partial charge >= 0.3 is 0 Å². The maximum Gasteiger partial charge on any atom is 0.127 e. The summed E-state index contributed by atoms with van der Waals surface area (Å²) >= 11 is 1.78. The van der Waals surface area contributed by atoms with Gasteiger partial charge < -0.3 is 5.32 Å². The molecule has 19 heavy (non-hydrogen) atoms. The lowest BCUT2D eigenvalue weighted by Crippen LogP contribution is -2.17. The average Bonchev–Trinajstić information content (AvgIpc) is 2.81. The lowest BCUT2D eigenvalue weighted by molar-refractivity contribution is 0.603. The normalized spacial score (nSPS) is 12.9. The minimum Gasteiger partial charge on any atom is -0.310 e. The fourth-order valence-electron chi connectivity index (χ4n) is 2.40. The maximum atomic E-state index is 4.74. The highest BCUT2D eigenvalue weighted by Gasteiger charge is 2.19. The first-order valence-corrected chi connectivity index (χ1v) is 7.48. The number of aromatic nitrogens is 3. The van der Waals surface area contributed by atoms with E-state index in [4.69, 9.17) is 4.98 Å². The Balaban J connectivity index is 2.45. The largest absolute Gasteiger partial charge is 0.310 e. The fourth-order valence-corrected chi connectivity index (χ4v) is 3.64. The van der Waals surface area contributed by atoms with Gasteiger partial charge in [0.15, 0.2) is 0 Å². The Labute approximate surface area is 118 Å². The lowest BCUT2D eigenvalue weighted by Gasteiger charge is -2.09. The van der Waals surface area contributed by atoms with Crippen LogP contribution in [0.4, 0.5) is 0 Å². The topological polar surface area (TPSA) is 42.7 Å². The zero-order valence-electron chi connectivity index (χ0n) is 12.5. The van der Waals surface area contributed by atoms with E-state index in [0.29, 0.717) is 6.04 Å². The van der Waals surface area contributed by atoms with E-state index in [9.17, 15) is 0 Å². The summed E-state index contributed by atoms with van der Waals surface area (Å²) in [7, 11) is 1.98. The van der Waals surface area contributed by atoms with Crippen LogP contribution >= 0.6 is 11.3 Å². The second-order valence-corrected chi connectivity index (χ2v) is 5.95. The quantitative estimate of drug-likeness (QED) is 0.934. The molecule has 4 nitrogen and oxygen atoms in total. The van der Waals surface area contributed by atoms with Crippen LogP contribution in [-0.4, -0.2) is 21.3 Å². The van der Waals surface area contributed by atoms with Crippen LogP contribution < -0.4 is 5.32 Å². The molecule has 0 aliphatic heterocycles. The third-order valence-electron chi connectivity index (χ3n) is 3.46. The van der Waals surface area contributed by atoms with Crippen LogP contribution in [0.3, 0.4) is 0 Å². The van der Waals surface area contributed by atoms with Crippen LogP contribution in [0.15, 0.2) is 0 Å². The van der Waals surface area contributed by atoms with Crippen molar-refractivity contribution in [2.45, 2.75) is 40.7 Å². The van der Waals surface area contributed by atoms with Crippen molar-refractivity contribution in [2.75, 3.05) is 6.54 Å². The van der Waals surface area contributed by atoms with E-state index in [1.807, 2.05) is 18.7 Å². The molecule has 2 aromatic heterocycles. The van der Waals surface area contributed by atoms with Gasteiger partial charge in [-0.05, 0) is 34.2 Å². The van der Waals surface area contributed by atoms with Crippen LogP contribution in [0.2, 0.25) is 0 Å². The standard InChI is InChI=1S/C14H22N4S/c1-7-15-9(3)13-10(4)16-14(19-13)12-8(2)17-18(6)11(12)5/h9,15H,7H2,1-6H3. The summed E-state index contributed by atoms with van der Waals surface area (Å²) in [6, 6.07) is 0.355. The summed E-state index contributed by atoms with van der Waals surface area (Å²) < 4.78 is 1.93. The molecule has 0 aliphatic rings. The Kier molecular flexibility index (Phi) is 4.06. The predicted molar refractivity (Wildman–Crippen MR) is 80.6 cm³/mol. The highest BCUT2D eigenvalue weighted by Crippen LogP contribution is 2.34. The summed E-state index contributed by atoms with van der Waals surface area (Å²) in [4.78, 5) is 6.06. The van der Waals surface area contributed by atoms with Gasteiger partial charge in [0.25, 0.3) is 0 Å². The van der Waals surface area contributed by atoms with Crippen molar-refractivity contribution in [3.63, 3.8) is 0 Å². The van der Waals surface area contributed by atoms with Gasteiger partial charge in [0, 0.05) is 23.7 Å². The summed E-state index contributed by atoms with van der Waals surface area (Å²) in [6.45, 7) is 11.5. The second-order valence-electron chi connectivity index (χ2n) is 4.92. The van der Waals surface area contributed by atoms with Crippen molar-refractivity contribution in [2.24, 2.45) is 7.05 Å². The SMILES string of the molecule is CCNC(C)c1sc(-c2c(C)nn(C)c2C)nc1C. The molecule has 2 rings (SSSR count). The van der Waals surface area contributed by atoms with Crippen LogP contribution in [0.25, 0.3) is 10.6 Å². The van der Waals surface area contributed by atoms with E-state index in [2.05, 4.69) is 38.1 Å². The third kappa shape index (κ3) is 2.58. The van der Waals surface area contributed by atoms with Crippen LogP contribution in [0.5, 0.6) is 0 Å². The van der Waals surface area contributed by atoms with Crippen molar-refractivity contribution < 1.29 is 0 Å². The zero-order chi connectivity index (χ0) is 14.2. The first-order chi connectivity index (χ1) is 8.95. The van der Waals surface area contributed by atoms with E-state index in [-0.39, 0.29) is 0 Å². The number of hydrogen-bond acceptors (Lipinski definition) is 4. The minimum atomic E-state index is 0.355. The average molecular weight is 278 g/mol. The lowest BCUT2D eigenvalue weighted by atomic mass is 10.2. The van der Waals surface area contributed by atoms with Crippen molar-refractivity contribution in [3.05, 3.63) is 22.0 Å². The highest BCUT2D eigenvalue weighted by molar-refractivity contribution is 7.15. The molecule has 0 radical (unpaired) electrons. The molecule has 5 heteroatoms. The Morgan fingerprint density at radius 1 is 1.26 bits per heavy atom. The zero-order valence-corrected chi connectivity index (χ0v) is 13.4. The van der Waals surface area contributed by atoms with Gasteiger partial charge in [0.05, 0.1) is 17.0 Å². The molecule has 2 aromatic rings. The molecule has 2 heterocycles. The van der Waals surface area contributed by atoms with Crippen molar-refractivity contribution in [1.29, 1.82) is 0 Å². The van der Waals surface area contributed by atoms with E-state index in [1.54, 1.807) is 11.3 Å². The summed E-state index contributed by atoms with van der Waals surface area (Å²) in [5.74, 6) is 0. The monoisotopic (exact) mass is 278 g/mol. The molecule has 0 saturated heterocycles. The predicted octanol–water partition coefficient (Wildman–Crippen LogP) is 3.14. The molecular formula is C14H22N4S. The van der Waals surface area contributed by atoms with Gasteiger partial charge in [-0.1, -0.05) is 6.92 Å². The molecule has 1 unspecified atom stereocenters. The molecule has 0 saturated carbocycles. The van der Waals surface area contributed by atoms with E-state index in [1.165, 1.54) is 16.1 Å². The number of rotatable bonds is 4. The number of thiazole rings is 1. The summed E-state index contributed by atoms with van der Waals surface area (Å²) in [5, 5.41) is 9.01. The first kappa shape index (κ1) is 14.2. The van der Waals surface area contributed by atoms with E-state index >= 15 is 0 Å². The van der Waals surface area contributed by atoms with Gasteiger partial charge in [-0.3, -0.25) is 4.68 Å². The third-order valence-corrected chi connectivity index (χ3v) is 4.82. The van der Waals surface area contributed by atoms with E-state index in [0.717, 1.165) is 22.9 Å². The van der Waals surface area contributed by atoms with Gasteiger partial charge in [-0.2, -0.15) is 5.10 Å². The van der Waals surface area contributed by atoms with Gasteiger partial charge in [-0.25, -0.2) is 4.98 Å². The van der Waals surface area contributed by atoms with Crippen LogP contribution in [0.1, 0.15) is 41.8 Å². The molecule has 0 amide bonds. The molecule has 0 aromatic carbocycles. The van der Waals surface area contributed by atoms with Gasteiger partial charge in [-0.15, -0.1) is 11.3 Å². The van der Waals surface area contributed by atoms with Gasteiger partial charge in [0.2, 0.25) is 0 Å². The summed E-state index contributed by atoms with van der Waals surface area (Å²) in [6.07, 6.45) is 0. The Morgan fingerprint density at radius 2 is 1.95 bits per heavy atom. The second kappa shape index (κ2) is 5.43. The Morgan fingerprint density at radius 3 is 2.47 bits per heavy atom. The van der Waals surface area contributed by atoms with Crippen molar-refractivity contribution >= 4 is 11.3 Å². The number of aryl methyl sites for hydroxylation is 3. The minimum absolute atomic E-state index is 0.355.